The van der Waals surface area contributed by atoms with Crippen LogP contribution in [-0.2, 0) is 4.79 Å². The maximum Gasteiger partial charge on any atom is 0.155 e. The van der Waals surface area contributed by atoms with Crippen LogP contribution in [0.3, 0.4) is 0 Å². The number of hydrogen-bond donors (Lipinski definition) is 1. The molecule has 1 fully saturated rings. The van der Waals surface area contributed by atoms with E-state index in [1.807, 2.05) is 12.2 Å². The molecular formula is C20H32O2. The first-order valence-corrected chi connectivity index (χ1v) is 8.72. The molecule has 4 atom stereocenters. The number of hydrogen-bond acceptors (Lipinski definition) is 2. The quantitative estimate of drug-likeness (QED) is 0.765. The van der Waals surface area contributed by atoms with Crippen LogP contribution in [0.2, 0.25) is 0 Å². The number of aliphatic hydroxyl groups excluding tert-OH is 1. The van der Waals surface area contributed by atoms with Crippen molar-refractivity contribution in [1.82, 2.24) is 0 Å². The van der Waals surface area contributed by atoms with E-state index in [0.717, 1.165) is 12.8 Å². The zero-order valence-corrected chi connectivity index (χ0v) is 14.9. The van der Waals surface area contributed by atoms with Crippen LogP contribution in [0.25, 0.3) is 0 Å². The van der Waals surface area contributed by atoms with Crippen LogP contribution in [0, 0.1) is 22.7 Å². The zero-order valence-electron chi connectivity index (χ0n) is 14.9. The fourth-order valence-corrected chi connectivity index (χ4v) is 4.83. The summed E-state index contributed by atoms with van der Waals surface area (Å²) in [5.74, 6) is 1.40. The predicted molar refractivity (Wildman–Crippen MR) is 91.6 cm³/mol. The maximum atomic E-state index is 12.2. The Labute approximate surface area is 135 Å². The second-order valence-corrected chi connectivity index (χ2v) is 8.15. The van der Waals surface area contributed by atoms with Crippen molar-refractivity contribution in [1.29, 1.82) is 0 Å². The molecule has 1 N–H and O–H groups in total. The van der Waals surface area contributed by atoms with Crippen LogP contribution in [0.5, 0.6) is 0 Å². The second kappa shape index (κ2) is 6.31. The van der Waals surface area contributed by atoms with Gasteiger partial charge in [-0.25, -0.2) is 0 Å². The van der Waals surface area contributed by atoms with Gasteiger partial charge in [-0.3, -0.25) is 4.79 Å². The third-order valence-corrected chi connectivity index (χ3v) is 6.97. The minimum absolute atomic E-state index is 0.125. The Morgan fingerprint density at radius 1 is 1.45 bits per heavy atom. The summed E-state index contributed by atoms with van der Waals surface area (Å²) in [6, 6.07) is 0. The average Bonchev–Trinajstić information content (AvgIpc) is 2.45. The summed E-state index contributed by atoms with van der Waals surface area (Å²) in [6.07, 6.45) is 9.08. The van der Waals surface area contributed by atoms with Crippen molar-refractivity contribution in [3.63, 3.8) is 0 Å². The minimum atomic E-state index is 0.125. The van der Waals surface area contributed by atoms with Gasteiger partial charge in [0.2, 0.25) is 0 Å². The molecule has 0 spiro atoms. The van der Waals surface area contributed by atoms with E-state index in [0.29, 0.717) is 24.0 Å². The average molecular weight is 304 g/mol. The molecule has 0 aromatic rings. The standard InChI is InChI=1S/C20H32O2/c1-14(8-11-21)6-9-19(4)15(2)7-10-20(5)16(3)12-17(22)13-18(19)20/h8,12,15,18,21H,6-7,9-11,13H2,1-5H3/t15-,18-,19+,20+/m1/s1. The first kappa shape index (κ1) is 17.5. The van der Waals surface area contributed by atoms with Gasteiger partial charge in [0, 0.05) is 6.42 Å². The van der Waals surface area contributed by atoms with E-state index in [2.05, 4.69) is 34.6 Å². The van der Waals surface area contributed by atoms with Gasteiger partial charge < -0.3 is 5.11 Å². The Kier molecular flexibility index (Phi) is 5.01. The fourth-order valence-electron chi connectivity index (χ4n) is 4.83. The number of carbonyl (C=O) groups excluding carboxylic acids is 1. The number of fused-ring (bicyclic) bond motifs is 1. The summed E-state index contributed by atoms with van der Waals surface area (Å²) >= 11 is 0. The molecule has 0 amide bonds. The van der Waals surface area contributed by atoms with Crippen LogP contribution < -0.4 is 0 Å². The number of rotatable bonds is 4. The largest absolute Gasteiger partial charge is 0.392 e. The highest BCUT2D eigenvalue weighted by Gasteiger charge is 2.54. The zero-order chi connectivity index (χ0) is 16.5. The van der Waals surface area contributed by atoms with Crippen LogP contribution in [0.4, 0.5) is 0 Å². The normalized spacial score (nSPS) is 39.5. The molecule has 0 radical (unpaired) electrons. The molecule has 0 saturated heterocycles. The van der Waals surface area contributed by atoms with E-state index in [4.69, 9.17) is 5.11 Å². The third-order valence-electron chi connectivity index (χ3n) is 6.97. The van der Waals surface area contributed by atoms with E-state index in [1.165, 1.54) is 24.0 Å². The number of ketones is 1. The number of allylic oxidation sites excluding steroid dienone is 3. The summed E-state index contributed by atoms with van der Waals surface area (Å²) in [6.45, 7) is 11.5. The molecule has 0 bridgehead atoms. The van der Waals surface area contributed by atoms with Crippen LogP contribution in [0.15, 0.2) is 23.3 Å². The molecule has 0 aromatic heterocycles. The number of aliphatic hydroxyl groups is 1. The monoisotopic (exact) mass is 304 g/mol. The lowest BCUT2D eigenvalue weighted by atomic mass is 9.47. The lowest BCUT2D eigenvalue weighted by molar-refractivity contribution is -0.123. The van der Waals surface area contributed by atoms with E-state index in [1.54, 1.807) is 0 Å². The molecule has 2 nitrogen and oxygen atoms in total. The van der Waals surface area contributed by atoms with Gasteiger partial charge in [-0.05, 0) is 68.3 Å². The van der Waals surface area contributed by atoms with Crippen molar-refractivity contribution in [3.05, 3.63) is 23.3 Å². The molecule has 2 aliphatic carbocycles. The maximum absolute atomic E-state index is 12.2. The van der Waals surface area contributed by atoms with Gasteiger partial charge in [-0.1, -0.05) is 38.0 Å². The van der Waals surface area contributed by atoms with Gasteiger partial charge in [0.15, 0.2) is 5.78 Å². The summed E-state index contributed by atoms with van der Waals surface area (Å²) in [4.78, 5) is 12.2. The first-order chi connectivity index (χ1) is 10.2. The van der Waals surface area contributed by atoms with Crippen molar-refractivity contribution < 1.29 is 9.90 Å². The highest BCUT2D eigenvalue weighted by atomic mass is 16.2. The summed E-state index contributed by atoms with van der Waals surface area (Å²) in [7, 11) is 0. The summed E-state index contributed by atoms with van der Waals surface area (Å²) < 4.78 is 0. The van der Waals surface area contributed by atoms with Crippen molar-refractivity contribution in [3.8, 4) is 0 Å². The molecular weight excluding hydrogens is 272 g/mol. The van der Waals surface area contributed by atoms with Gasteiger partial charge in [-0.2, -0.15) is 0 Å². The Morgan fingerprint density at radius 3 is 2.77 bits per heavy atom. The van der Waals surface area contributed by atoms with Crippen molar-refractivity contribution in [2.24, 2.45) is 22.7 Å². The Bertz CT molecular complexity index is 502. The summed E-state index contributed by atoms with van der Waals surface area (Å²) in [5, 5.41) is 9.06. The summed E-state index contributed by atoms with van der Waals surface area (Å²) in [5.41, 5.74) is 2.93. The van der Waals surface area contributed by atoms with E-state index in [-0.39, 0.29) is 17.4 Å². The molecule has 2 heteroatoms. The predicted octanol–water partition coefficient (Wildman–Crippen LogP) is 4.68. The first-order valence-electron chi connectivity index (χ1n) is 8.72. The molecule has 2 aliphatic rings. The van der Waals surface area contributed by atoms with Crippen molar-refractivity contribution in [2.75, 3.05) is 6.61 Å². The number of carbonyl (C=O) groups is 1. The Morgan fingerprint density at radius 2 is 2.14 bits per heavy atom. The molecule has 22 heavy (non-hydrogen) atoms. The highest BCUT2D eigenvalue weighted by Crippen LogP contribution is 2.61. The topological polar surface area (TPSA) is 37.3 Å². The van der Waals surface area contributed by atoms with Crippen LogP contribution in [-0.4, -0.2) is 17.5 Å². The van der Waals surface area contributed by atoms with Gasteiger partial charge in [0.05, 0.1) is 6.61 Å². The molecule has 0 aromatic carbocycles. The third kappa shape index (κ3) is 2.95. The molecule has 1 saturated carbocycles. The van der Waals surface area contributed by atoms with Gasteiger partial charge in [0.25, 0.3) is 0 Å². The smallest absolute Gasteiger partial charge is 0.155 e. The van der Waals surface area contributed by atoms with E-state index in [9.17, 15) is 4.79 Å². The van der Waals surface area contributed by atoms with Crippen molar-refractivity contribution >= 4 is 5.78 Å². The Balaban J connectivity index is 2.30. The fraction of sp³-hybridized carbons (Fsp3) is 0.750. The molecule has 0 heterocycles. The van der Waals surface area contributed by atoms with E-state index < -0.39 is 0 Å². The van der Waals surface area contributed by atoms with Gasteiger partial charge >= 0.3 is 0 Å². The SMILES string of the molecule is CC(=CCO)CC[C@@]1(C)[C@H](C)CC[C@@]2(C)C(C)=CC(=O)C[C@H]12. The van der Waals surface area contributed by atoms with E-state index >= 15 is 0 Å². The minimum Gasteiger partial charge on any atom is -0.392 e. The molecule has 0 aliphatic heterocycles. The van der Waals surface area contributed by atoms with Gasteiger partial charge in [0.1, 0.15) is 0 Å². The van der Waals surface area contributed by atoms with Crippen molar-refractivity contribution in [2.45, 2.75) is 66.7 Å². The lowest BCUT2D eigenvalue weighted by Crippen LogP contribution is -2.50. The van der Waals surface area contributed by atoms with Crippen LogP contribution in [0.1, 0.15) is 66.7 Å². The Hall–Kier alpha value is -0.890. The highest BCUT2D eigenvalue weighted by molar-refractivity contribution is 5.92. The molecule has 124 valence electrons. The second-order valence-electron chi connectivity index (χ2n) is 8.15. The van der Waals surface area contributed by atoms with Crippen LogP contribution >= 0.6 is 0 Å². The molecule has 0 unspecified atom stereocenters. The van der Waals surface area contributed by atoms with Gasteiger partial charge in [-0.15, -0.1) is 0 Å². The lowest BCUT2D eigenvalue weighted by Gasteiger charge is -2.57. The molecule has 2 rings (SSSR count).